The van der Waals surface area contributed by atoms with E-state index in [1.54, 1.807) is 0 Å². The van der Waals surface area contributed by atoms with Crippen molar-refractivity contribution in [3.63, 3.8) is 0 Å². The molecule has 0 N–H and O–H groups in total. The van der Waals surface area contributed by atoms with E-state index < -0.39 is 18.1 Å². The fourth-order valence-electron chi connectivity index (χ4n) is 8.02. The number of likely N-dealkylation sites (N-methyl/N-ethyl adjacent to an activating group) is 1. The fourth-order valence-corrected chi connectivity index (χ4v) is 8.02. The van der Waals surface area contributed by atoms with E-state index >= 15 is 0 Å². The second kappa shape index (κ2) is 43.0. The molecule has 0 saturated carbocycles. The maximum absolute atomic E-state index is 12.8. The summed E-state index contributed by atoms with van der Waals surface area (Å²) in [5.41, 5.74) is 0. The lowest BCUT2D eigenvalue weighted by Gasteiger charge is -2.34. The molecule has 8 heteroatoms. The Morgan fingerprint density at radius 3 is 1.05 bits per heavy atom. The highest BCUT2D eigenvalue weighted by Crippen LogP contribution is 2.17. The molecule has 0 heterocycles. The molecule has 2 unspecified atom stereocenters. The number of hydrogen-bond acceptors (Lipinski definition) is 7. The SMILES string of the molecule is CCCCCCCCCCCCCCCCCCCCCCCCCCC(=O)OC(COCCC(C(=O)[O-])[N+](C)(C)C)COC(=O)CCCCCCCCCCCCC. The van der Waals surface area contributed by atoms with Gasteiger partial charge in [0.2, 0.25) is 0 Å². The number of esters is 2. The van der Waals surface area contributed by atoms with Crippen LogP contribution in [0, 0.1) is 0 Å². The maximum atomic E-state index is 12.8. The van der Waals surface area contributed by atoms with Crippen molar-refractivity contribution >= 4 is 17.9 Å². The van der Waals surface area contributed by atoms with E-state index in [9.17, 15) is 19.5 Å². The summed E-state index contributed by atoms with van der Waals surface area (Å²) < 4.78 is 17.2. The number of nitrogens with zero attached hydrogens (tertiary/aromatic N) is 1. The minimum absolute atomic E-state index is 0.0494. The first kappa shape index (κ1) is 57.3. The van der Waals surface area contributed by atoms with Crippen LogP contribution in [0.25, 0.3) is 0 Å². The predicted octanol–water partition coefficient (Wildman–Crippen LogP) is 13.1. The van der Waals surface area contributed by atoms with Crippen LogP contribution in [-0.4, -0.2) is 75.5 Å². The second-order valence-electron chi connectivity index (χ2n) is 18.8. The van der Waals surface area contributed by atoms with Gasteiger partial charge in [0.15, 0.2) is 6.10 Å². The van der Waals surface area contributed by atoms with Crippen molar-refractivity contribution in [1.29, 1.82) is 0 Å². The van der Waals surface area contributed by atoms with Crippen molar-refractivity contribution in [2.75, 3.05) is 41.0 Å². The Balaban J connectivity index is 4.09. The van der Waals surface area contributed by atoms with Gasteiger partial charge in [0.1, 0.15) is 12.6 Å². The van der Waals surface area contributed by atoms with Gasteiger partial charge in [-0.2, -0.15) is 0 Å². The lowest BCUT2D eigenvalue weighted by molar-refractivity contribution is -0.889. The third kappa shape index (κ3) is 41.5. The molecule has 0 fully saturated rings. The van der Waals surface area contributed by atoms with Crippen LogP contribution in [-0.2, 0) is 28.6 Å². The average molecular weight is 838 g/mol. The molecular formula is C51H99NO7. The van der Waals surface area contributed by atoms with Crippen LogP contribution in [0.1, 0.15) is 258 Å². The van der Waals surface area contributed by atoms with E-state index in [4.69, 9.17) is 14.2 Å². The van der Waals surface area contributed by atoms with Gasteiger partial charge in [0.25, 0.3) is 0 Å². The van der Waals surface area contributed by atoms with Crippen molar-refractivity contribution in [2.45, 2.75) is 270 Å². The van der Waals surface area contributed by atoms with Crippen LogP contribution in [0.4, 0.5) is 0 Å². The van der Waals surface area contributed by atoms with E-state index in [-0.39, 0.29) is 42.7 Å². The van der Waals surface area contributed by atoms with Crippen molar-refractivity contribution < 1.29 is 38.2 Å². The standard InChI is InChI=1S/C51H99NO7/c1-6-8-10-12-14-16-18-19-20-21-22-23-24-25-26-27-28-29-30-32-34-36-38-40-42-50(54)59-47(45-57-44-43-48(51(55)56)52(3,4)5)46-58-49(53)41-39-37-35-33-31-17-15-13-11-9-7-2/h47-48H,6-46H2,1-5H3. The summed E-state index contributed by atoms with van der Waals surface area (Å²) in [6.45, 7) is 4.71. The smallest absolute Gasteiger partial charge is 0.306 e. The van der Waals surface area contributed by atoms with Crippen LogP contribution in [0.5, 0.6) is 0 Å². The van der Waals surface area contributed by atoms with Gasteiger partial charge in [-0.05, 0) is 12.8 Å². The molecule has 0 aliphatic carbocycles. The molecule has 2 atom stereocenters. The van der Waals surface area contributed by atoms with Gasteiger partial charge in [0, 0.05) is 19.3 Å². The van der Waals surface area contributed by atoms with E-state index in [0.29, 0.717) is 12.8 Å². The number of carboxylic acid groups (broad SMARTS) is 1. The molecule has 0 aromatic rings. The highest BCUT2D eigenvalue weighted by Gasteiger charge is 2.25. The first-order chi connectivity index (χ1) is 28.6. The quantitative estimate of drug-likeness (QED) is 0.0342. The van der Waals surface area contributed by atoms with Crippen LogP contribution in [0.15, 0.2) is 0 Å². The molecule has 0 aromatic carbocycles. The average Bonchev–Trinajstić information content (AvgIpc) is 3.19. The van der Waals surface area contributed by atoms with Gasteiger partial charge in [-0.3, -0.25) is 9.59 Å². The Hall–Kier alpha value is -1.67. The second-order valence-corrected chi connectivity index (χ2v) is 18.8. The molecule has 0 amide bonds. The van der Waals surface area contributed by atoms with Crippen LogP contribution >= 0.6 is 0 Å². The fraction of sp³-hybridized carbons (Fsp3) is 0.941. The highest BCUT2D eigenvalue weighted by atomic mass is 16.6. The largest absolute Gasteiger partial charge is 0.544 e. The van der Waals surface area contributed by atoms with Gasteiger partial charge in [-0.1, -0.05) is 226 Å². The summed E-state index contributed by atoms with van der Waals surface area (Å²) in [4.78, 5) is 36.9. The lowest BCUT2D eigenvalue weighted by Crippen LogP contribution is -2.55. The van der Waals surface area contributed by atoms with Crippen LogP contribution in [0.3, 0.4) is 0 Å². The minimum atomic E-state index is -1.12. The highest BCUT2D eigenvalue weighted by molar-refractivity contribution is 5.70. The van der Waals surface area contributed by atoms with E-state index in [0.717, 1.165) is 38.5 Å². The number of carbonyl (C=O) groups excluding carboxylic acids is 3. The van der Waals surface area contributed by atoms with Crippen molar-refractivity contribution in [3.05, 3.63) is 0 Å². The first-order valence-electron chi connectivity index (χ1n) is 25.6. The van der Waals surface area contributed by atoms with Gasteiger partial charge in [-0.25, -0.2) is 0 Å². The van der Waals surface area contributed by atoms with Gasteiger partial charge in [0.05, 0.1) is 40.3 Å². The van der Waals surface area contributed by atoms with Crippen molar-refractivity contribution in [1.82, 2.24) is 0 Å². The number of unbranched alkanes of at least 4 members (excludes halogenated alkanes) is 33. The Labute approximate surface area is 366 Å². The summed E-state index contributed by atoms with van der Waals surface area (Å²) in [5, 5.41) is 11.6. The van der Waals surface area contributed by atoms with E-state index in [1.807, 2.05) is 21.1 Å². The lowest BCUT2D eigenvalue weighted by atomic mass is 10.0. The Kier molecular flexibility index (Phi) is 41.8. The molecule has 0 aliphatic rings. The molecule has 0 rings (SSSR count). The zero-order valence-electron chi connectivity index (χ0n) is 40.0. The monoisotopic (exact) mass is 838 g/mol. The number of carbonyl (C=O) groups is 3. The molecule has 0 saturated heterocycles. The molecule has 0 spiro atoms. The molecular weight excluding hydrogens is 739 g/mol. The number of hydrogen-bond donors (Lipinski definition) is 0. The molecule has 0 aliphatic heterocycles. The summed E-state index contributed by atoms with van der Waals surface area (Å²) >= 11 is 0. The number of aliphatic carboxylic acids is 1. The number of ether oxygens (including phenoxy) is 3. The Morgan fingerprint density at radius 1 is 0.441 bits per heavy atom. The molecule has 0 radical (unpaired) electrons. The molecule has 0 bridgehead atoms. The van der Waals surface area contributed by atoms with Crippen LogP contribution < -0.4 is 5.11 Å². The van der Waals surface area contributed by atoms with Gasteiger partial charge in [-0.15, -0.1) is 0 Å². The van der Waals surface area contributed by atoms with E-state index in [2.05, 4.69) is 13.8 Å². The molecule has 8 nitrogen and oxygen atoms in total. The van der Waals surface area contributed by atoms with Gasteiger partial charge >= 0.3 is 11.9 Å². The number of carboxylic acids is 1. The molecule has 350 valence electrons. The normalized spacial score (nSPS) is 12.8. The van der Waals surface area contributed by atoms with Gasteiger partial charge < -0.3 is 28.6 Å². The molecule has 59 heavy (non-hydrogen) atoms. The summed E-state index contributed by atoms with van der Waals surface area (Å²) in [7, 11) is 5.43. The number of quaternary nitrogens is 1. The summed E-state index contributed by atoms with van der Waals surface area (Å²) in [6, 6.07) is -0.719. The Morgan fingerprint density at radius 2 is 0.746 bits per heavy atom. The van der Waals surface area contributed by atoms with Crippen LogP contribution in [0.2, 0.25) is 0 Å². The van der Waals surface area contributed by atoms with Crippen molar-refractivity contribution in [3.8, 4) is 0 Å². The minimum Gasteiger partial charge on any atom is -0.544 e. The first-order valence-corrected chi connectivity index (χ1v) is 25.6. The predicted molar refractivity (Wildman–Crippen MR) is 245 cm³/mol. The van der Waals surface area contributed by atoms with E-state index in [1.165, 1.54) is 186 Å². The summed E-state index contributed by atoms with van der Waals surface area (Å²) in [5.74, 6) is -1.71. The molecule has 0 aromatic heterocycles. The zero-order valence-corrected chi connectivity index (χ0v) is 40.0. The zero-order chi connectivity index (χ0) is 43.5. The Bertz CT molecular complexity index is 936. The third-order valence-electron chi connectivity index (χ3n) is 12.0. The topological polar surface area (TPSA) is 102 Å². The van der Waals surface area contributed by atoms with Crippen molar-refractivity contribution in [2.24, 2.45) is 0 Å². The maximum Gasteiger partial charge on any atom is 0.306 e. The summed E-state index contributed by atoms with van der Waals surface area (Å²) in [6.07, 6.45) is 45.7. The third-order valence-corrected chi connectivity index (χ3v) is 12.0. The number of rotatable bonds is 47.